The molecule has 1 aliphatic rings. The number of hydrogen-bond acceptors (Lipinski definition) is 3. The molecule has 0 fully saturated rings. The molecule has 1 heterocycles. The van der Waals surface area contributed by atoms with Crippen LogP contribution in [0.4, 0.5) is 0 Å². The predicted molar refractivity (Wildman–Crippen MR) is 41.1 cm³/mol. The minimum absolute atomic E-state index is 0.0115. The summed E-state index contributed by atoms with van der Waals surface area (Å²) in [5.74, 6) is -0.271. The number of nitrogens with zero attached hydrogens (tertiary/aromatic N) is 2. The van der Waals surface area contributed by atoms with E-state index in [0.29, 0.717) is 24.1 Å². The SMILES string of the molecule is CCC1=NC(=O)CN=C1C=O. The van der Waals surface area contributed by atoms with Crippen LogP contribution >= 0.6 is 0 Å². The van der Waals surface area contributed by atoms with Gasteiger partial charge in [0.25, 0.3) is 5.91 Å². The summed E-state index contributed by atoms with van der Waals surface area (Å²) in [6, 6.07) is 0. The molecule has 0 aromatic carbocycles. The minimum atomic E-state index is -0.271. The third-order valence-corrected chi connectivity index (χ3v) is 1.39. The summed E-state index contributed by atoms with van der Waals surface area (Å²) >= 11 is 0. The van der Waals surface area contributed by atoms with Gasteiger partial charge in [-0.25, -0.2) is 4.99 Å². The summed E-state index contributed by atoms with van der Waals surface area (Å²) in [6.45, 7) is 1.84. The highest BCUT2D eigenvalue weighted by molar-refractivity contribution is 6.63. The topological polar surface area (TPSA) is 58.9 Å². The Kier molecular flexibility index (Phi) is 2.25. The van der Waals surface area contributed by atoms with Crippen molar-refractivity contribution in [3.05, 3.63) is 0 Å². The molecule has 11 heavy (non-hydrogen) atoms. The lowest BCUT2D eigenvalue weighted by Crippen LogP contribution is -2.23. The number of aliphatic imine (C=N–C) groups is 2. The fourth-order valence-electron chi connectivity index (χ4n) is 0.853. The van der Waals surface area contributed by atoms with Gasteiger partial charge in [0, 0.05) is 0 Å². The van der Waals surface area contributed by atoms with Gasteiger partial charge in [0.2, 0.25) is 0 Å². The molecule has 0 bridgehead atoms. The Balaban J connectivity index is 2.91. The van der Waals surface area contributed by atoms with E-state index in [0.717, 1.165) is 0 Å². The highest BCUT2D eigenvalue weighted by atomic mass is 16.1. The van der Waals surface area contributed by atoms with Crippen molar-refractivity contribution in [1.29, 1.82) is 0 Å². The molecule has 0 saturated heterocycles. The maximum atomic E-state index is 10.7. The number of amides is 1. The van der Waals surface area contributed by atoms with Gasteiger partial charge in [-0.05, 0) is 6.42 Å². The Morgan fingerprint density at radius 2 is 2.36 bits per heavy atom. The maximum absolute atomic E-state index is 10.7. The molecule has 58 valence electrons. The van der Waals surface area contributed by atoms with Crippen molar-refractivity contribution in [3.63, 3.8) is 0 Å². The Labute approximate surface area is 64.0 Å². The molecular formula is C7H8N2O2. The molecule has 4 heteroatoms. The zero-order valence-electron chi connectivity index (χ0n) is 6.20. The molecule has 1 amide bonds. The van der Waals surface area contributed by atoms with Crippen LogP contribution in [0.15, 0.2) is 9.98 Å². The second-order valence-corrected chi connectivity index (χ2v) is 2.13. The van der Waals surface area contributed by atoms with E-state index >= 15 is 0 Å². The third kappa shape index (κ3) is 1.58. The van der Waals surface area contributed by atoms with Gasteiger partial charge in [0.05, 0.1) is 5.71 Å². The van der Waals surface area contributed by atoms with Crippen molar-refractivity contribution in [2.75, 3.05) is 6.54 Å². The Bertz CT molecular complexity index is 253. The number of aldehydes is 1. The number of rotatable bonds is 2. The van der Waals surface area contributed by atoms with E-state index in [9.17, 15) is 9.59 Å². The van der Waals surface area contributed by atoms with E-state index in [1.807, 2.05) is 6.92 Å². The van der Waals surface area contributed by atoms with Crippen LogP contribution in [0, 0.1) is 0 Å². The third-order valence-electron chi connectivity index (χ3n) is 1.39. The lowest BCUT2D eigenvalue weighted by Gasteiger charge is -2.05. The summed E-state index contributed by atoms with van der Waals surface area (Å²) in [5, 5.41) is 0. The molecule has 0 unspecified atom stereocenters. The zero-order valence-corrected chi connectivity index (χ0v) is 6.20. The molecule has 1 aliphatic heterocycles. The Morgan fingerprint density at radius 1 is 1.64 bits per heavy atom. The minimum Gasteiger partial charge on any atom is -0.296 e. The van der Waals surface area contributed by atoms with E-state index in [2.05, 4.69) is 9.98 Å². The van der Waals surface area contributed by atoms with Gasteiger partial charge in [0.15, 0.2) is 6.29 Å². The van der Waals surface area contributed by atoms with Crippen LogP contribution in [0.25, 0.3) is 0 Å². The molecule has 0 aromatic heterocycles. The summed E-state index contributed by atoms with van der Waals surface area (Å²) in [6.07, 6.45) is 1.21. The highest BCUT2D eigenvalue weighted by Gasteiger charge is 2.13. The average Bonchev–Trinajstić information content (AvgIpc) is 2.04. The molecule has 0 aliphatic carbocycles. The summed E-state index contributed by atoms with van der Waals surface area (Å²) in [7, 11) is 0. The van der Waals surface area contributed by atoms with Gasteiger partial charge < -0.3 is 0 Å². The number of carbonyl (C=O) groups excluding carboxylic acids is 2. The quantitative estimate of drug-likeness (QED) is 0.523. The van der Waals surface area contributed by atoms with Crippen LogP contribution in [-0.4, -0.2) is 30.2 Å². The van der Waals surface area contributed by atoms with Crippen molar-refractivity contribution in [1.82, 2.24) is 0 Å². The molecule has 0 spiro atoms. The van der Waals surface area contributed by atoms with Gasteiger partial charge in [-0.3, -0.25) is 14.6 Å². The van der Waals surface area contributed by atoms with Crippen LogP contribution < -0.4 is 0 Å². The van der Waals surface area contributed by atoms with Gasteiger partial charge in [-0.1, -0.05) is 6.92 Å². The fourth-order valence-corrected chi connectivity index (χ4v) is 0.853. The first-order valence-corrected chi connectivity index (χ1v) is 3.38. The summed E-state index contributed by atoms with van der Waals surface area (Å²) in [4.78, 5) is 28.4. The second-order valence-electron chi connectivity index (χ2n) is 2.13. The van der Waals surface area contributed by atoms with Crippen molar-refractivity contribution in [2.24, 2.45) is 9.98 Å². The lowest BCUT2D eigenvalue weighted by atomic mass is 10.2. The zero-order chi connectivity index (χ0) is 8.27. The fraction of sp³-hybridized carbons (Fsp3) is 0.429. The van der Waals surface area contributed by atoms with Crippen molar-refractivity contribution >= 4 is 23.6 Å². The van der Waals surface area contributed by atoms with Crippen molar-refractivity contribution < 1.29 is 9.59 Å². The van der Waals surface area contributed by atoms with Crippen LogP contribution in [0.1, 0.15) is 13.3 Å². The molecular weight excluding hydrogens is 144 g/mol. The largest absolute Gasteiger partial charge is 0.296 e. The molecule has 1 rings (SSSR count). The first kappa shape index (κ1) is 7.78. The first-order valence-electron chi connectivity index (χ1n) is 3.38. The van der Waals surface area contributed by atoms with Crippen LogP contribution in [-0.2, 0) is 9.59 Å². The average molecular weight is 152 g/mol. The first-order chi connectivity index (χ1) is 5.27. The normalized spacial score (nSPS) is 17.4. The second kappa shape index (κ2) is 3.18. The van der Waals surface area contributed by atoms with E-state index < -0.39 is 0 Å². The Hall–Kier alpha value is -1.32. The standard InChI is InChI=1S/C7H8N2O2/c1-2-5-6(4-10)8-3-7(11)9-5/h4H,2-3H2,1H3. The number of hydrogen-bond donors (Lipinski definition) is 0. The summed E-state index contributed by atoms with van der Waals surface area (Å²) < 4.78 is 0. The van der Waals surface area contributed by atoms with Gasteiger partial charge >= 0.3 is 0 Å². The smallest absolute Gasteiger partial charge is 0.267 e. The molecule has 0 aromatic rings. The highest BCUT2D eigenvalue weighted by Crippen LogP contribution is 1.97. The van der Waals surface area contributed by atoms with E-state index in [4.69, 9.17) is 0 Å². The molecule has 0 saturated carbocycles. The van der Waals surface area contributed by atoms with Gasteiger partial charge in [-0.2, -0.15) is 0 Å². The van der Waals surface area contributed by atoms with Crippen LogP contribution in [0.2, 0.25) is 0 Å². The monoisotopic (exact) mass is 152 g/mol. The number of carbonyl (C=O) groups is 2. The van der Waals surface area contributed by atoms with Crippen LogP contribution in [0.3, 0.4) is 0 Å². The van der Waals surface area contributed by atoms with Crippen LogP contribution in [0.5, 0.6) is 0 Å². The molecule has 0 atom stereocenters. The molecule has 0 N–H and O–H groups in total. The lowest BCUT2D eigenvalue weighted by molar-refractivity contribution is -0.116. The van der Waals surface area contributed by atoms with E-state index in [1.165, 1.54) is 0 Å². The molecule has 0 radical (unpaired) electrons. The molecule has 4 nitrogen and oxygen atoms in total. The maximum Gasteiger partial charge on any atom is 0.267 e. The Morgan fingerprint density at radius 3 is 2.91 bits per heavy atom. The van der Waals surface area contributed by atoms with E-state index in [1.54, 1.807) is 0 Å². The summed E-state index contributed by atoms with van der Waals surface area (Å²) in [5.41, 5.74) is 0.809. The van der Waals surface area contributed by atoms with Crippen molar-refractivity contribution in [2.45, 2.75) is 13.3 Å². The predicted octanol–water partition coefficient (Wildman–Crippen LogP) is 0.0175. The van der Waals surface area contributed by atoms with Gasteiger partial charge in [-0.15, -0.1) is 0 Å². The van der Waals surface area contributed by atoms with E-state index in [-0.39, 0.29) is 12.5 Å². The van der Waals surface area contributed by atoms with Crippen molar-refractivity contribution in [3.8, 4) is 0 Å². The van der Waals surface area contributed by atoms with Gasteiger partial charge in [0.1, 0.15) is 12.3 Å².